The zero-order valence-electron chi connectivity index (χ0n) is 13.9. The van der Waals surface area contributed by atoms with E-state index in [1.54, 1.807) is 30.6 Å². The van der Waals surface area contributed by atoms with E-state index in [4.69, 9.17) is 9.47 Å². The summed E-state index contributed by atoms with van der Waals surface area (Å²) in [5, 5.41) is 0. The van der Waals surface area contributed by atoms with E-state index in [2.05, 4.69) is 14.9 Å². The van der Waals surface area contributed by atoms with Gasteiger partial charge in [0.1, 0.15) is 19.0 Å². The van der Waals surface area contributed by atoms with E-state index in [1.807, 2.05) is 7.05 Å². The van der Waals surface area contributed by atoms with Gasteiger partial charge in [0.2, 0.25) is 10.0 Å². The number of fused-ring (bicyclic) bond motifs is 1. The van der Waals surface area contributed by atoms with Gasteiger partial charge in [0.05, 0.1) is 10.9 Å². The first-order valence-electron chi connectivity index (χ1n) is 8.15. The van der Waals surface area contributed by atoms with E-state index in [0.717, 1.165) is 5.82 Å². The predicted molar refractivity (Wildman–Crippen MR) is 90.1 cm³/mol. The maximum Gasteiger partial charge on any atom is 0.243 e. The number of aromatic amines is 1. The number of aromatic nitrogens is 2. The lowest BCUT2D eigenvalue weighted by molar-refractivity contribution is 0.142. The number of imidazole rings is 1. The highest BCUT2D eigenvalue weighted by atomic mass is 32.2. The Labute approximate surface area is 146 Å². The van der Waals surface area contributed by atoms with Crippen molar-refractivity contribution in [2.45, 2.75) is 10.9 Å². The van der Waals surface area contributed by atoms with Crippen molar-refractivity contribution in [1.29, 1.82) is 0 Å². The van der Waals surface area contributed by atoms with Gasteiger partial charge in [-0.3, -0.25) is 4.90 Å². The van der Waals surface area contributed by atoms with E-state index >= 15 is 0 Å². The van der Waals surface area contributed by atoms with Gasteiger partial charge in [0, 0.05) is 38.1 Å². The van der Waals surface area contributed by atoms with E-state index in [1.165, 1.54) is 4.31 Å². The first-order chi connectivity index (χ1) is 12.1. The Hall–Kier alpha value is -2.10. The van der Waals surface area contributed by atoms with E-state index in [-0.39, 0.29) is 10.9 Å². The quantitative estimate of drug-likeness (QED) is 0.869. The molecule has 0 saturated carbocycles. The topological polar surface area (TPSA) is 87.8 Å². The molecule has 1 saturated heterocycles. The van der Waals surface area contributed by atoms with Crippen LogP contribution >= 0.6 is 0 Å². The van der Waals surface area contributed by atoms with Crippen molar-refractivity contribution in [3.63, 3.8) is 0 Å². The fourth-order valence-electron chi connectivity index (χ4n) is 3.16. The van der Waals surface area contributed by atoms with Crippen molar-refractivity contribution < 1.29 is 17.9 Å². The molecule has 0 bridgehead atoms. The smallest absolute Gasteiger partial charge is 0.243 e. The summed E-state index contributed by atoms with van der Waals surface area (Å²) in [6, 6.07) is 4.67. The normalized spacial score (nSPS) is 22.0. The van der Waals surface area contributed by atoms with Crippen LogP contribution in [0, 0.1) is 0 Å². The second-order valence-electron chi connectivity index (χ2n) is 6.14. The highest BCUT2D eigenvalue weighted by molar-refractivity contribution is 7.89. The monoisotopic (exact) mass is 364 g/mol. The number of H-pyrrole nitrogens is 1. The molecule has 25 heavy (non-hydrogen) atoms. The number of likely N-dealkylation sites (N-methyl/N-ethyl adjacent to an activating group) is 1. The zero-order chi connectivity index (χ0) is 17.4. The van der Waals surface area contributed by atoms with Gasteiger partial charge in [-0.15, -0.1) is 0 Å². The van der Waals surface area contributed by atoms with Gasteiger partial charge in [-0.05, 0) is 19.2 Å². The first-order valence-corrected chi connectivity index (χ1v) is 9.59. The fourth-order valence-corrected chi connectivity index (χ4v) is 4.61. The molecule has 0 radical (unpaired) electrons. The van der Waals surface area contributed by atoms with Crippen LogP contribution < -0.4 is 9.47 Å². The average Bonchev–Trinajstić information content (AvgIpc) is 3.16. The molecule has 3 heterocycles. The molecule has 8 nitrogen and oxygen atoms in total. The molecular formula is C16H20N4O4S. The highest BCUT2D eigenvalue weighted by Gasteiger charge is 2.35. The molecule has 9 heteroatoms. The number of sulfonamides is 1. The Morgan fingerprint density at radius 1 is 1.20 bits per heavy atom. The van der Waals surface area contributed by atoms with Gasteiger partial charge in [0.25, 0.3) is 0 Å². The molecule has 134 valence electrons. The van der Waals surface area contributed by atoms with Crippen LogP contribution in [0.3, 0.4) is 0 Å². The SMILES string of the molecule is CN1CCN(S(=O)(=O)c2ccc3c(c2)OCCO3)C[C@@H]1c1ncc[nH]1. The number of ether oxygens (including phenoxy) is 2. The average molecular weight is 364 g/mol. The van der Waals surface area contributed by atoms with Crippen molar-refractivity contribution in [2.24, 2.45) is 0 Å². The molecule has 4 rings (SSSR count). The van der Waals surface area contributed by atoms with E-state index in [9.17, 15) is 8.42 Å². The summed E-state index contributed by atoms with van der Waals surface area (Å²) in [5.74, 6) is 1.82. The summed E-state index contributed by atoms with van der Waals surface area (Å²) in [4.78, 5) is 9.69. The third-order valence-corrected chi connectivity index (χ3v) is 6.46. The number of nitrogens with zero attached hydrogens (tertiary/aromatic N) is 3. The molecule has 2 aliphatic rings. The molecule has 1 N–H and O–H groups in total. The minimum atomic E-state index is -3.61. The minimum absolute atomic E-state index is 0.101. The van der Waals surface area contributed by atoms with Gasteiger partial charge in [-0.25, -0.2) is 13.4 Å². The molecule has 1 aromatic carbocycles. The maximum absolute atomic E-state index is 13.1. The van der Waals surface area contributed by atoms with Crippen LogP contribution in [0.5, 0.6) is 11.5 Å². The zero-order valence-corrected chi connectivity index (χ0v) is 14.7. The summed E-state index contributed by atoms with van der Waals surface area (Å²) < 4.78 is 38.6. The molecule has 1 fully saturated rings. The molecule has 2 aromatic rings. The number of benzene rings is 1. The molecular weight excluding hydrogens is 344 g/mol. The fraction of sp³-hybridized carbons (Fsp3) is 0.438. The Morgan fingerprint density at radius 3 is 2.76 bits per heavy atom. The van der Waals surface area contributed by atoms with Crippen LogP contribution in [0.2, 0.25) is 0 Å². The maximum atomic E-state index is 13.1. The largest absolute Gasteiger partial charge is 0.486 e. The molecule has 2 aliphatic heterocycles. The first kappa shape index (κ1) is 16.4. The molecule has 0 amide bonds. The minimum Gasteiger partial charge on any atom is -0.486 e. The van der Waals surface area contributed by atoms with Crippen molar-refractivity contribution in [1.82, 2.24) is 19.2 Å². The number of hydrogen-bond donors (Lipinski definition) is 1. The number of rotatable bonds is 3. The van der Waals surface area contributed by atoms with Gasteiger partial charge >= 0.3 is 0 Å². The molecule has 0 spiro atoms. The van der Waals surface area contributed by atoms with Crippen molar-refractivity contribution in [2.75, 3.05) is 39.9 Å². The number of nitrogens with one attached hydrogen (secondary N) is 1. The number of piperazine rings is 1. The van der Waals surface area contributed by atoms with Crippen LogP contribution in [0.1, 0.15) is 11.9 Å². The Morgan fingerprint density at radius 2 is 2.00 bits per heavy atom. The van der Waals surface area contributed by atoms with Crippen LogP contribution in [0.25, 0.3) is 0 Å². The van der Waals surface area contributed by atoms with Gasteiger partial charge < -0.3 is 14.5 Å². The van der Waals surface area contributed by atoms with Gasteiger partial charge in [-0.1, -0.05) is 0 Å². The molecule has 1 atom stereocenters. The Bertz CT molecular complexity index is 853. The van der Waals surface area contributed by atoms with E-state index in [0.29, 0.717) is 44.3 Å². The third-order valence-electron chi connectivity index (χ3n) is 4.60. The Kier molecular flexibility index (Phi) is 4.14. The lowest BCUT2D eigenvalue weighted by Crippen LogP contribution is -2.49. The molecule has 0 unspecified atom stereocenters. The highest BCUT2D eigenvalue weighted by Crippen LogP contribution is 2.34. The molecule has 1 aromatic heterocycles. The number of hydrogen-bond acceptors (Lipinski definition) is 6. The van der Waals surface area contributed by atoms with Crippen molar-refractivity contribution in [3.8, 4) is 11.5 Å². The lowest BCUT2D eigenvalue weighted by atomic mass is 10.2. The Balaban J connectivity index is 1.61. The summed E-state index contributed by atoms with van der Waals surface area (Å²) in [7, 11) is -1.64. The second-order valence-corrected chi connectivity index (χ2v) is 8.08. The predicted octanol–water partition coefficient (Wildman–Crippen LogP) is 0.858. The van der Waals surface area contributed by atoms with Crippen molar-refractivity contribution in [3.05, 3.63) is 36.4 Å². The standard InChI is InChI=1S/C16H20N4O4S/c1-19-6-7-20(11-13(19)16-17-4-5-18-16)25(21,22)12-2-3-14-15(10-12)24-9-8-23-14/h2-5,10,13H,6-9,11H2,1H3,(H,17,18)/t13-/m1/s1. The van der Waals surface area contributed by atoms with Crippen LogP contribution in [0.4, 0.5) is 0 Å². The summed E-state index contributed by atoms with van der Waals surface area (Å²) in [6.45, 7) is 2.31. The van der Waals surface area contributed by atoms with Gasteiger partial charge in [-0.2, -0.15) is 4.31 Å². The summed E-state index contributed by atoms with van der Waals surface area (Å²) >= 11 is 0. The van der Waals surface area contributed by atoms with Gasteiger partial charge in [0.15, 0.2) is 11.5 Å². The summed E-state index contributed by atoms with van der Waals surface area (Å²) in [5.41, 5.74) is 0. The van der Waals surface area contributed by atoms with Crippen LogP contribution in [0.15, 0.2) is 35.5 Å². The second kappa shape index (κ2) is 6.32. The third kappa shape index (κ3) is 2.99. The van der Waals surface area contributed by atoms with E-state index < -0.39 is 10.0 Å². The van der Waals surface area contributed by atoms with Crippen molar-refractivity contribution >= 4 is 10.0 Å². The lowest BCUT2D eigenvalue weighted by Gasteiger charge is -2.37. The van der Waals surface area contributed by atoms with Crippen LogP contribution in [-0.4, -0.2) is 67.5 Å². The van der Waals surface area contributed by atoms with Crippen LogP contribution in [-0.2, 0) is 10.0 Å². The summed E-state index contributed by atoms with van der Waals surface area (Å²) in [6.07, 6.45) is 3.43. The molecule has 0 aliphatic carbocycles.